The Hall–Kier alpha value is -3.26. The fraction of sp³-hybridized carbons (Fsp3) is 0.304. The first-order valence-electron chi connectivity index (χ1n) is 9.81. The number of aromatic nitrogens is 1. The van der Waals surface area contributed by atoms with Gasteiger partial charge in [-0.25, -0.2) is 4.98 Å². The van der Waals surface area contributed by atoms with Gasteiger partial charge in [0.05, 0.1) is 45.6 Å². The van der Waals surface area contributed by atoms with Gasteiger partial charge in [0.15, 0.2) is 11.5 Å². The number of rotatable bonds is 10. The van der Waals surface area contributed by atoms with Crippen LogP contribution in [0.1, 0.15) is 18.2 Å². The molecule has 0 saturated heterocycles. The van der Waals surface area contributed by atoms with Crippen LogP contribution in [0.5, 0.6) is 23.0 Å². The van der Waals surface area contributed by atoms with E-state index in [1.165, 1.54) is 11.3 Å². The predicted octanol–water partition coefficient (Wildman–Crippen LogP) is 4.09. The maximum absolute atomic E-state index is 12.5. The van der Waals surface area contributed by atoms with E-state index in [1.807, 2.05) is 48.7 Å². The standard InChI is InChI=1S/C23H26N2O5S/c1-5-30-18-9-7-6-8-17(18)23-25-16(14-31-23)12-21(26)24-13-15-10-19(27-2)22(29-4)20(11-15)28-3/h6-11,14H,5,12-13H2,1-4H3,(H,24,26). The largest absolute Gasteiger partial charge is 0.493 e. The fourth-order valence-corrected chi connectivity index (χ4v) is 3.95. The molecule has 3 rings (SSSR count). The number of hydrogen-bond acceptors (Lipinski definition) is 7. The minimum Gasteiger partial charge on any atom is -0.493 e. The molecule has 0 bridgehead atoms. The number of hydrogen-bond donors (Lipinski definition) is 1. The summed E-state index contributed by atoms with van der Waals surface area (Å²) in [4.78, 5) is 17.1. The lowest BCUT2D eigenvalue weighted by atomic mass is 10.1. The van der Waals surface area contributed by atoms with Crippen molar-refractivity contribution < 1.29 is 23.7 Å². The normalized spacial score (nSPS) is 10.5. The SMILES string of the molecule is CCOc1ccccc1-c1nc(CC(=O)NCc2cc(OC)c(OC)c(OC)c2)cs1. The van der Waals surface area contributed by atoms with E-state index in [1.54, 1.807) is 21.3 Å². The van der Waals surface area contributed by atoms with Gasteiger partial charge in [0.1, 0.15) is 10.8 Å². The van der Waals surface area contributed by atoms with Gasteiger partial charge in [-0.3, -0.25) is 4.79 Å². The van der Waals surface area contributed by atoms with E-state index in [2.05, 4.69) is 10.3 Å². The molecule has 0 aliphatic carbocycles. The van der Waals surface area contributed by atoms with Crippen LogP contribution in [0.15, 0.2) is 41.8 Å². The van der Waals surface area contributed by atoms with Crippen LogP contribution < -0.4 is 24.3 Å². The summed E-state index contributed by atoms with van der Waals surface area (Å²) in [5, 5.41) is 5.65. The lowest BCUT2D eigenvalue weighted by molar-refractivity contribution is -0.120. The van der Waals surface area contributed by atoms with E-state index in [0.717, 1.165) is 21.9 Å². The Morgan fingerprint density at radius 1 is 1.03 bits per heavy atom. The van der Waals surface area contributed by atoms with E-state index in [4.69, 9.17) is 18.9 Å². The third-order valence-corrected chi connectivity index (χ3v) is 5.45. The zero-order valence-corrected chi connectivity index (χ0v) is 18.9. The molecule has 0 spiro atoms. The van der Waals surface area contributed by atoms with Crippen molar-refractivity contribution in [2.75, 3.05) is 27.9 Å². The van der Waals surface area contributed by atoms with Crippen LogP contribution in [0.25, 0.3) is 10.6 Å². The molecule has 1 N–H and O–H groups in total. The molecule has 0 saturated carbocycles. The average molecular weight is 443 g/mol. The number of thiazole rings is 1. The van der Waals surface area contributed by atoms with E-state index < -0.39 is 0 Å². The van der Waals surface area contributed by atoms with Crippen LogP contribution in [-0.4, -0.2) is 38.8 Å². The molecule has 164 valence electrons. The van der Waals surface area contributed by atoms with E-state index in [9.17, 15) is 4.79 Å². The Bertz CT molecular complexity index is 1010. The Morgan fingerprint density at radius 2 is 1.74 bits per heavy atom. The summed E-state index contributed by atoms with van der Waals surface area (Å²) >= 11 is 1.50. The van der Waals surface area contributed by atoms with Crippen LogP contribution in [-0.2, 0) is 17.8 Å². The molecule has 3 aromatic rings. The molecule has 1 heterocycles. The van der Waals surface area contributed by atoms with Gasteiger partial charge in [-0.05, 0) is 36.8 Å². The predicted molar refractivity (Wildman–Crippen MR) is 120 cm³/mol. The second-order valence-corrected chi connectivity index (χ2v) is 7.42. The molecule has 1 amide bonds. The topological polar surface area (TPSA) is 78.9 Å². The quantitative estimate of drug-likeness (QED) is 0.509. The Balaban J connectivity index is 1.65. The molecular weight excluding hydrogens is 416 g/mol. The molecule has 1 aromatic heterocycles. The van der Waals surface area contributed by atoms with Crippen molar-refractivity contribution in [3.8, 4) is 33.6 Å². The van der Waals surface area contributed by atoms with E-state index in [-0.39, 0.29) is 12.3 Å². The third kappa shape index (κ3) is 5.46. The minimum atomic E-state index is -0.122. The van der Waals surface area contributed by atoms with Gasteiger partial charge in [0.2, 0.25) is 11.7 Å². The monoisotopic (exact) mass is 442 g/mol. The third-order valence-electron chi connectivity index (χ3n) is 4.52. The van der Waals surface area contributed by atoms with Gasteiger partial charge in [-0.15, -0.1) is 11.3 Å². The molecule has 0 unspecified atom stereocenters. The number of carbonyl (C=O) groups excluding carboxylic acids is 1. The second kappa shape index (κ2) is 10.7. The van der Waals surface area contributed by atoms with Crippen LogP contribution in [0, 0.1) is 0 Å². The smallest absolute Gasteiger partial charge is 0.226 e. The van der Waals surface area contributed by atoms with Crippen molar-refractivity contribution >= 4 is 17.2 Å². The van der Waals surface area contributed by atoms with Crippen molar-refractivity contribution in [2.45, 2.75) is 19.9 Å². The first kappa shape index (κ1) is 22.4. The first-order valence-corrected chi connectivity index (χ1v) is 10.7. The van der Waals surface area contributed by atoms with Gasteiger partial charge in [-0.1, -0.05) is 12.1 Å². The Kier molecular flexibility index (Phi) is 7.72. The zero-order valence-electron chi connectivity index (χ0n) is 18.1. The van der Waals surface area contributed by atoms with Crippen LogP contribution in [0.4, 0.5) is 0 Å². The van der Waals surface area contributed by atoms with Gasteiger partial charge in [-0.2, -0.15) is 0 Å². The zero-order chi connectivity index (χ0) is 22.2. The highest BCUT2D eigenvalue weighted by atomic mass is 32.1. The molecule has 2 aromatic carbocycles. The molecule has 8 heteroatoms. The fourth-order valence-electron chi connectivity index (χ4n) is 3.10. The lowest BCUT2D eigenvalue weighted by Crippen LogP contribution is -2.24. The van der Waals surface area contributed by atoms with Crippen molar-refractivity contribution in [2.24, 2.45) is 0 Å². The molecule has 31 heavy (non-hydrogen) atoms. The summed E-state index contributed by atoms with van der Waals surface area (Å²) in [5.74, 6) is 2.27. The summed E-state index contributed by atoms with van der Waals surface area (Å²) in [6.07, 6.45) is 0.192. The molecule has 0 fully saturated rings. The van der Waals surface area contributed by atoms with Gasteiger partial charge >= 0.3 is 0 Å². The van der Waals surface area contributed by atoms with Crippen LogP contribution >= 0.6 is 11.3 Å². The van der Waals surface area contributed by atoms with Crippen molar-refractivity contribution in [3.05, 3.63) is 53.0 Å². The lowest BCUT2D eigenvalue weighted by Gasteiger charge is -2.14. The van der Waals surface area contributed by atoms with Crippen LogP contribution in [0.2, 0.25) is 0 Å². The summed E-state index contributed by atoms with van der Waals surface area (Å²) in [6.45, 7) is 2.86. The molecule has 0 aliphatic heterocycles. The second-order valence-electron chi connectivity index (χ2n) is 6.56. The highest BCUT2D eigenvalue weighted by molar-refractivity contribution is 7.13. The maximum Gasteiger partial charge on any atom is 0.226 e. The van der Waals surface area contributed by atoms with Crippen LogP contribution in [0.3, 0.4) is 0 Å². The van der Waals surface area contributed by atoms with Gasteiger partial charge in [0.25, 0.3) is 0 Å². The number of carbonyl (C=O) groups is 1. The molecule has 0 aliphatic rings. The number of ether oxygens (including phenoxy) is 4. The molecular formula is C23H26N2O5S. The van der Waals surface area contributed by atoms with Crippen molar-refractivity contribution in [1.29, 1.82) is 0 Å². The van der Waals surface area contributed by atoms with Gasteiger partial charge < -0.3 is 24.3 Å². The summed E-state index contributed by atoms with van der Waals surface area (Å²) in [7, 11) is 4.67. The average Bonchev–Trinajstić information content (AvgIpc) is 3.25. The molecule has 0 atom stereocenters. The summed E-state index contributed by atoms with van der Waals surface area (Å²) < 4.78 is 21.7. The highest BCUT2D eigenvalue weighted by Crippen LogP contribution is 2.38. The number of amides is 1. The number of nitrogens with zero attached hydrogens (tertiary/aromatic N) is 1. The van der Waals surface area contributed by atoms with E-state index in [0.29, 0.717) is 36.1 Å². The van der Waals surface area contributed by atoms with Crippen molar-refractivity contribution in [1.82, 2.24) is 10.3 Å². The molecule has 7 nitrogen and oxygen atoms in total. The number of para-hydroxylation sites is 1. The number of nitrogens with one attached hydrogen (secondary N) is 1. The van der Waals surface area contributed by atoms with Crippen molar-refractivity contribution in [3.63, 3.8) is 0 Å². The number of benzene rings is 2. The maximum atomic E-state index is 12.5. The Morgan fingerprint density at radius 3 is 2.39 bits per heavy atom. The number of methoxy groups -OCH3 is 3. The first-order chi connectivity index (χ1) is 15.1. The highest BCUT2D eigenvalue weighted by Gasteiger charge is 2.15. The van der Waals surface area contributed by atoms with Gasteiger partial charge in [0, 0.05) is 11.9 Å². The summed E-state index contributed by atoms with van der Waals surface area (Å²) in [5.41, 5.74) is 2.49. The molecule has 0 radical (unpaired) electrons. The minimum absolute atomic E-state index is 0.122. The Labute approximate surface area is 185 Å². The van der Waals surface area contributed by atoms with E-state index >= 15 is 0 Å². The summed E-state index contributed by atoms with van der Waals surface area (Å²) in [6, 6.07) is 11.4.